The van der Waals surface area contributed by atoms with Crippen LogP contribution < -0.4 is 11.1 Å². The molecule has 0 saturated carbocycles. The average Bonchev–Trinajstić information content (AvgIpc) is 2.50. The molecule has 0 radical (unpaired) electrons. The number of carbonyl (C=O) groups excluding carboxylic acids is 2. The third kappa shape index (κ3) is 3.39. The molecule has 1 aliphatic rings. The summed E-state index contributed by atoms with van der Waals surface area (Å²) in [4.78, 5) is 48.2. The molecule has 8 nitrogen and oxygen atoms in total. The van der Waals surface area contributed by atoms with Crippen LogP contribution in [-0.4, -0.2) is 46.3 Å². The Morgan fingerprint density at radius 1 is 1.33 bits per heavy atom. The summed E-state index contributed by atoms with van der Waals surface area (Å²) < 4.78 is 5.64. The molecule has 1 saturated heterocycles. The van der Waals surface area contributed by atoms with Crippen molar-refractivity contribution in [3.63, 3.8) is 0 Å². The zero-order chi connectivity index (χ0) is 15.4. The van der Waals surface area contributed by atoms with Crippen LogP contribution in [0.2, 0.25) is 0 Å². The first-order chi connectivity index (χ1) is 10.0. The van der Waals surface area contributed by atoms with Crippen LogP contribution in [0.3, 0.4) is 0 Å². The predicted octanol–water partition coefficient (Wildman–Crippen LogP) is -0.909. The maximum Gasteiger partial charge on any atom is 0.328 e. The third-order valence-corrected chi connectivity index (χ3v) is 3.48. The SMILES string of the molecule is COC(=O)[C@H]1CCCCN1C(=O)Cn1[nH]c(=O)ccc1=O. The fourth-order valence-corrected chi connectivity index (χ4v) is 2.42. The van der Waals surface area contributed by atoms with Crippen LogP contribution in [0.5, 0.6) is 0 Å². The number of ether oxygens (including phenoxy) is 1. The summed E-state index contributed by atoms with van der Waals surface area (Å²) in [7, 11) is 1.28. The van der Waals surface area contributed by atoms with E-state index in [0.29, 0.717) is 13.0 Å². The van der Waals surface area contributed by atoms with Crippen molar-refractivity contribution >= 4 is 11.9 Å². The zero-order valence-electron chi connectivity index (χ0n) is 11.7. The molecule has 2 heterocycles. The topological polar surface area (TPSA) is 101 Å². The number of aromatic nitrogens is 2. The van der Waals surface area contributed by atoms with Crippen molar-refractivity contribution in [2.45, 2.75) is 31.8 Å². The summed E-state index contributed by atoms with van der Waals surface area (Å²) in [5, 5.41) is 2.29. The lowest BCUT2D eigenvalue weighted by Gasteiger charge is -2.33. The molecular formula is C13H17N3O5. The molecule has 0 spiro atoms. The molecule has 1 aromatic rings. The predicted molar refractivity (Wildman–Crippen MR) is 72.7 cm³/mol. The van der Waals surface area contributed by atoms with E-state index in [4.69, 9.17) is 4.74 Å². The van der Waals surface area contributed by atoms with Gasteiger partial charge in [-0.05, 0) is 19.3 Å². The molecule has 1 fully saturated rings. The van der Waals surface area contributed by atoms with Crippen molar-refractivity contribution in [3.05, 3.63) is 32.8 Å². The van der Waals surface area contributed by atoms with Crippen LogP contribution in [0.15, 0.2) is 21.7 Å². The number of hydrogen-bond acceptors (Lipinski definition) is 5. The number of carbonyl (C=O) groups is 2. The molecule has 1 atom stereocenters. The Bertz CT molecular complexity index is 648. The lowest BCUT2D eigenvalue weighted by molar-refractivity contribution is -0.155. The highest BCUT2D eigenvalue weighted by Gasteiger charge is 2.32. The first-order valence-electron chi connectivity index (χ1n) is 6.70. The summed E-state index contributed by atoms with van der Waals surface area (Å²) in [5.41, 5.74) is -0.944. The molecule has 0 unspecified atom stereocenters. The summed E-state index contributed by atoms with van der Waals surface area (Å²) >= 11 is 0. The zero-order valence-corrected chi connectivity index (χ0v) is 11.7. The Hall–Kier alpha value is -2.38. The molecule has 114 valence electrons. The number of methoxy groups -OCH3 is 1. The van der Waals surface area contributed by atoms with Gasteiger partial charge in [0.1, 0.15) is 12.6 Å². The van der Waals surface area contributed by atoms with Gasteiger partial charge in [0, 0.05) is 18.7 Å². The van der Waals surface area contributed by atoms with E-state index in [2.05, 4.69) is 5.10 Å². The minimum atomic E-state index is -0.623. The van der Waals surface area contributed by atoms with Crippen LogP contribution in [0.25, 0.3) is 0 Å². The lowest BCUT2D eigenvalue weighted by atomic mass is 10.0. The third-order valence-electron chi connectivity index (χ3n) is 3.48. The number of likely N-dealkylation sites (tertiary alicyclic amines) is 1. The van der Waals surface area contributed by atoms with Crippen molar-refractivity contribution in [2.24, 2.45) is 0 Å². The smallest absolute Gasteiger partial charge is 0.328 e. The van der Waals surface area contributed by atoms with Crippen molar-refractivity contribution in [1.29, 1.82) is 0 Å². The van der Waals surface area contributed by atoms with Gasteiger partial charge in [0.25, 0.3) is 11.1 Å². The van der Waals surface area contributed by atoms with Crippen LogP contribution in [0.4, 0.5) is 0 Å². The summed E-state index contributed by atoms with van der Waals surface area (Å²) in [6, 6.07) is 1.57. The minimum Gasteiger partial charge on any atom is -0.467 e. The maximum atomic E-state index is 12.3. The molecule has 0 aromatic carbocycles. The number of H-pyrrole nitrogens is 1. The second kappa shape index (κ2) is 6.38. The highest BCUT2D eigenvalue weighted by Crippen LogP contribution is 2.18. The van der Waals surface area contributed by atoms with E-state index in [1.165, 1.54) is 12.0 Å². The molecule has 2 rings (SSSR count). The molecule has 21 heavy (non-hydrogen) atoms. The van der Waals surface area contributed by atoms with Gasteiger partial charge >= 0.3 is 5.97 Å². The second-order valence-electron chi connectivity index (χ2n) is 4.86. The van der Waals surface area contributed by atoms with E-state index >= 15 is 0 Å². The summed E-state index contributed by atoms with van der Waals surface area (Å²) in [6.07, 6.45) is 2.17. The molecule has 1 aromatic heterocycles. The van der Waals surface area contributed by atoms with Gasteiger partial charge in [-0.25, -0.2) is 9.48 Å². The number of rotatable bonds is 3. The molecule has 0 aliphatic carbocycles. The van der Waals surface area contributed by atoms with Crippen LogP contribution in [0.1, 0.15) is 19.3 Å². The Morgan fingerprint density at radius 3 is 2.81 bits per heavy atom. The van der Waals surface area contributed by atoms with Crippen molar-refractivity contribution < 1.29 is 14.3 Å². The van der Waals surface area contributed by atoms with E-state index < -0.39 is 29.0 Å². The highest BCUT2D eigenvalue weighted by atomic mass is 16.5. The number of nitrogens with zero attached hydrogens (tertiary/aromatic N) is 2. The van der Waals surface area contributed by atoms with Crippen molar-refractivity contribution in [1.82, 2.24) is 14.7 Å². The number of amides is 1. The Morgan fingerprint density at radius 2 is 2.10 bits per heavy atom. The average molecular weight is 295 g/mol. The Kier molecular flexibility index (Phi) is 4.56. The van der Waals surface area contributed by atoms with Crippen LogP contribution in [-0.2, 0) is 20.9 Å². The van der Waals surface area contributed by atoms with E-state index in [1.807, 2.05) is 0 Å². The molecular weight excluding hydrogens is 278 g/mol. The number of hydrogen-bond donors (Lipinski definition) is 1. The standard InChI is InChI=1S/C13H17N3O5/c1-21-13(20)9-4-2-3-7-15(9)12(19)8-16-11(18)6-5-10(17)14-16/h5-6,9H,2-4,7-8H2,1H3,(H,14,17)/t9-/m1/s1. The monoisotopic (exact) mass is 295 g/mol. The number of piperidine rings is 1. The largest absolute Gasteiger partial charge is 0.467 e. The minimum absolute atomic E-state index is 0.303. The molecule has 1 aliphatic heterocycles. The van der Waals surface area contributed by atoms with E-state index in [-0.39, 0.29) is 6.54 Å². The van der Waals surface area contributed by atoms with E-state index in [9.17, 15) is 19.2 Å². The van der Waals surface area contributed by atoms with Crippen LogP contribution in [0, 0.1) is 0 Å². The van der Waals surface area contributed by atoms with Gasteiger partial charge in [-0.1, -0.05) is 0 Å². The molecule has 0 bridgehead atoms. The Balaban J connectivity index is 2.17. The first kappa shape index (κ1) is 15.0. The van der Waals surface area contributed by atoms with Crippen molar-refractivity contribution in [3.8, 4) is 0 Å². The number of nitrogens with one attached hydrogen (secondary N) is 1. The fourth-order valence-electron chi connectivity index (χ4n) is 2.42. The van der Waals surface area contributed by atoms with Crippen molar-refractivity contribution in [2.75, 3.05) is 13.7 Å². The summed E-state index contributed by atoms with van der Waals surface area (Å²) in [6.45, 7) is 0.132. The van der Waals surface area contributed by atoms with E-state index in [0.717, 1.165) is 29.7 Å². The first-order valence-corrected chi connectivity index (χ1v) is 6.70. The quantitative estimate of drug-likeness (QED) is 0.727. The van der Waals surface area contributed by atoms with Gasteiger partial charge in [0.2, 0.25) is 5.91 Å². The molecule has 1 amide bonds. The van der Waals surface area contributed by atoms with Gasteiger partial charge in [-0.2, -0.15) is 0 Å². The second-order valence-corrected chi connectivity index (χ2v) is 4.86. The fraction of sp³-hybridized carbons (Fsp3) is 0.538. The van der Waals surface area contributed by atoms with Gasteiger partial charge in [0.15, 0.2) is 0 Å². The highest BCUT2D eigenvalue weighted by molar-refractivity contribution is 5.84. The molecule has 1 N–H and O–H groups in total. The van der Waals surface area contributed by atoms with Gasteiger partial charge in [0.05, 0.1) is 7.11 Å². The van der Waals surface area contributed by atoms with Gasteiger partial charge in [-0.15, -0.1) is 0 Å². The molecule has 8 heteroatoms. The maximum absolute atomic E-state index is 12.3. The van der Waals surface area contributed by atoms with Gasteiger partial charge < -0.3 is 9.64 Å². The lowest BCUT2D eigenvalue weighted by Crippen LogP contribution is -2.50. The van der Waals surface area contributed by atoms with Crippen LogP contribution >= 0.6 is 0 Å². The Labute approximate surface area is 120 Å². The van der Waals surface area contributed by atoms with E-state index in [1.54, 1.807) is 0 Å². The van der Waals surface area contributed by atoms with Gasteiger partial charge in [-0.3, -0.25) is 19.5 Å². The summed E-state index contributed by atoms with van der Waals surface area (Å²) in [5.74, 6) is -0.856. The number of aromatic amines is 1. The normalized spacial score (nSPS) is 18.3. The number of esters is 1.